The van der Waals surface area contributed by atoms with E-state index in [2.05, 4.69) is 209 Å². The topological polar surface area (TPSA) is 20.2 Å². The van der Waals surface area contributed by atoms with Crippen molar-refractivity contribution in [3.8, 4) is 0 Å². The highest BCUT2D eigenvalue weighted by molar-refractivity contribution is 6.10. The van der Waals surface area contributed by atoms with Crippen molar-refractivity contribution >= 4 is 33.2 Å². The van der Waals surface area contributed by atoms with E-state index in [0.717, 1.165) is 12.8 Å². The summed E-state index contributed by atoms with van der Waals surface area (Å²) in [6, 6.07) is 22.0. The molecule has 1 aromatic heterocycles. The van der Waals surface area contributed by atoms with E-state index in [9.17, 15) is 0 Å². The van der Waals surface area contributed by atoms with Crippen LogP contribution in [0.25, 0.3) is 27.5 Å². The maximum absolute atomic E-state index is 4.07. The first-order valence-corrected chi connectivity index (χ1v) is 22.0. The average molecular weight is 770 g/mol. The van der Waals surface area contributed by atoms with Crippen LogP contribution in [0.15, 0.2) is 120 Å². The molecule has 1 N–H and O–H groups in total. The highest BCUT2D eigenvalue weighted by Crippen LogP contribution is 2.56. The standard InChI is InChI=1S/C55H67N3/c1-51(2,3)33-15-23-47-39(27-33)40-28-34(52(4,5)6)16-24-48(40)57(47)37-19-21-45-43(31-37)55(13,14)44-32-38(20-22-46(44)56-45)58-49-25-17-35(53(7,8)9)29-41(49)42-30-36(54(10,11)12)18-26-50(42)58/h15-29,32,42-44,46,56H,30-31H2,1-14H3. The Morgan fingerprint density at radius 3 is 1.81 bits per heavy atom. The third-order valence-electron chi connectivity index (χ3n) is 14.6. The molecule has 0 bridgehead atoms. The summed E-state index contributed by atoms with van der Waals surface area (Å²) in [7, 11) is 0. The van der Waals surface area contributed by atoms with Gasteiger partial charge >= 0.3 is 0 Å². The van der Waals surface area contributed by atoms with Crippen LogP contribution in [0.4, 0.5) is 5.69 Å². The number of rotatable bonds is 2. The predicted molar refractivity (Wildman–Crippen MR) is 249 cm³/mol. The highest BCUT2D eigenvalue weighted by atomic mass is 15.2. The van der Waals surface area contributed by atoms with Gasteiger partial charge in [0.15, 0.2) is 0 Å². The highest BCUT2D eigenvalue weighted by Gasteiger charge is 2.49. The van der Waals surface area contributed by atoms with Crippen LogP contribution < -0.4 is 10.2 Å². The normalized spacial score (nSPS) is 24.2. The van der Waals surface area contributed by atoms with Crippen LogP contribution in [-0.4, -0.2) is 10.6 Å². The molecule has 4 aromatic rings. The van der Waals surface area contributed by atoms with E-state index in [1.54, 1.807) is 0 Å². The Balaban J connectivity index is 1.11. The van der Waals surface area contributed by atoms with Gasteiger partial charge in [-0.1, -0.05) is 145 Å². The fraction of sp³-hybridized carbons (Fsp3) is 0.455. The van der Waals surface area contributed by atoms with Crippen LogP contribution in [0.2, 0.25) is 0 Å². The number of aromatic nitrogens is 1. The van der Waals surface area contributed by atoms with Gasteiger partial charge in [-0.15, -0.1) is 0 Å². The number of piperidine rings is 1. The molecule has 5 aliphatic rings. The summed E-state index contributed by atoms with van der Waals surface area (Å²) in [6.07, 6.45) is 19.2. The van der Waals surface area contributed by atoms with E-state index >= 15 is 0 Å². The number of benzene rings is 3. The van der Waals surface area contributed by atoms with E-state index < -0.39 is 0 Å². The Labute approximate surface area is 349 Å². The van der Waals surface area contributed by atoms with Crippen molar-refractivity contribution in [3.63, 3.8) is 0 Å². The predicted octanol–water partition coefficient (Wildman–Crippen LogP) is 14.4. The van der Waals surface area contributed by atoms with Crippen molar-refractivity contribution in [2.24, 2.45) is 22.7 Å². The number of hydrogen-bond acceptors (Lipinski definition) is 2. The lowest BCUT2D eigenvalue weighted by Gasteiger charge is -2.52. The molecular weight excluding hydrogens is 703 g/mol. The van der Waals surface area contributed by atoms with Crippen molar-refractivity contribution in [2.75, 3.05) is 4.90 Å². The molecule has 0 spiro atoms. The summed E-state index contributed by atoms with van der Waals surface area (Å²) in [5.74, 6) is 1.05. The molecular formula is C55H67N3. The van der Waals surface area contributed by atoms with E-state index in [4.69, 9.17) is 0 Å². The Bertz CT molecular complexity index is 2490. The van der Waals surface area contributed by atoms with Crippen LogP contribution in [0.1, 0.15) is 138 Å². The molecule has 3 heterocycles. The number of hydrogen-bond donors (Lipinski definition) is 1. The minimum absolute atomic E-state index is 0.00708. The van der Waals surface area contributed by atoms with E-state index in [0.29, 0.717) is 17.8 Å². The van der Waals surface area contributed by atoms with Crippen LogP contribution in [-0.2, 0) is 16.2 Å². The van der Waals surface area contributed by atoms with Gasteiger partial charge < -0.3 is 14.8 Å². The second kappa shape index (κ2) is 12.8. The Hall–Kier alpha value is -4.50. The van der Waals surface area contributed by atoms with Gasteiger partial charge in [0.1, 0.15) is 0 Å². The van der Waals surface area contributed by atoms with Gasteiger partial charge in [0.25, 0.3) is 0 Å². The summed E-state index contributed by atoms with van der Waals surface area (Å²) in [5.41, 5.74) is 17.1. The van der Waals surface area contributed by atoms with E-state index in [1.807, 2.05) is 0 Å². The molecule has 1 fully saturated rings. The van der Waals surface area contributed by atoms with Crippen molar-refractivity contribution in [1.82, 2.24) is 9.88 Å². The molecule has 0 amide bonds. The minimum atomic E-state index is 0.00708. The lowest BCUT2D eigenvalue weighted by Crippen LogP contribution is -2.54. The number of allylic oxidation sites excluding steroid dienone is 9. The van der Waals surface area contributed by atoms with E-state index in [-0.39, 0.29) is 33.1 Å². The van der Waals surface area contributed by atoms with Gasteiger partial charge in [-0.05, 0) is 117 Å². The first-order valence-electron chi connectivity index (χ1n) is 22.0. The molecule has 0 radical (unpaired) electrons. The second-order valence-electron chi connectivity index (χ2n) is 23.0. The van der Waals surface area contributed by atoms with Crippen LogP contribution in [0.5, 0.6) is 0 Å². The van der Waals surface area contributed by atoms with Crippen LogP contribution in [0.3, 0.4) is 0 Å². The lowest BCUT2D eigenvalue weighted by molar-refractivity contribution is 0.111. The van der Waals surface area contributed by atoms with Crippen LogP contribution >= 0.6 is 0 Å². The fourth-order valence-corrected chi connectivity index (χ4v) is 10.7. The summed E-state index contributed by atoms with van der Waals surface area (Å²) < 4.78 is 2.59. The molecule has 58 heavy (non-hydrogen) atoms. The number of anilines is 1. The Kier molecular flexibility index (Phi) is 8.57. The van der Waals surface area contributed by atoms with Gasteiger partial charge in [0, 0.05) is 57.0 Å². The summed E-state index contributed by atoms with van der Waals surface area (Å²) in [6.45, 7) is 33.1. The molecule has 4 atom stereocenters. The lowest BCUT2D eigenvalue weighted by atomic mass is 9.59. The molecule has 1 saturated heterocycles. The molecule has 2 aliphatic heterocycles. The second-order valence-corrected chi connectivity index (χ2v) is 23.0. The SMILES string of the molecule is CC(C)(C)C1=CC=C2C(C1)c1cc(C(C)(C)C)ccc1N2C1=CC2C(C=C1)NC1=CC=C(n3c4ccc(C(C)(C)C)cc4c4cc(C(C)(C)C)ccc43)CC1C2(C)C. The zero-order valence-electron chi connectivity index (χ0n) is 37.9. The van der Waals surface area contributed by atoms with Crippen molar-refractivity contribution in [3.05, 3.63) is 142 Å². The van der Waals surface area contributed by atoms with Crippen molar-refractivity contribution in [2.45, 2.75) is 138 Å². The van der Waals surface area contributed by atoms with Gasteiger partial charge in [-0.25, -0.2) is 0 Å². The summed E-state index contributed by atoms with van der Waals surface area (Å²) in [5, 5.41) is 6.78. The number of nitrogens with one attached hydrogen (secondary N) is 1. The largest absolute Gasteiger partial charge is 0.381 e. The third kappa shape index (κ3) is 6.20. The maximum Gasteiger partial charge on any atom is 0.0538 e. The zero-order valence-corrected chi connectivity index (χ0v) is 37.9. The Morgan fingerprint density at radius 1 is 0.638 bits per heavy atom. The number of fused-ring (bicyclic) bond motifs is 8. The molecule has 3 aromatic carbocycles. The monoisotopic (exact) mass is 770 g/mol. The molecule has 302 valence electrons. The Morgan fingerprint density at radius 2 is 1.22 bits per heavy atom. The number of nitrogens with zero attached hydrogens (tertiary/aromatic N) is 2. The molecule has 4 unspecified atom stereocenters. The molecule has 3 aliphatic carbocycles. The van der Waals surface area contributed by atoms with Gasteiger partial charge in [0.2, 0.25) is 0 Å². The van der Waals surface area contributed by atoms with Gasteiger partial charge in [-0.2, -0.15) is 0 Å². The first-order chi connectivity index (χ1) is 27.0. The molecule has 9 rings (SSSR count). The fourth-order valence-electron chi connectivity index (χ4n) is 10.7. The van der Waals surface area contributed by atoms with Gasteiger partial charge in [-0.3, -0.25) is 0 Å². The van der Waals surface area contributed by atoms with Crippen molar-refractivity contribution in [1.29, 1.82) is 0 Å². The van der Waals surface area contributed by atoms with E-state index in [1.165, 1.54) is 78.1 Å². The summed E-state index contributed by atoms with van der Waals surface area (Å²) in [4.78, 5) is 2.61. The smallest absolute Gasteiger partial charge is 0.0538 e. The zero-order chi connectivity index (χ0) is 41.5. The summed E-state index contributed by atoms with van der Waals surface area (Å²) >= 11 is 0. The maximum atomic E-state index is 4.07. The van der Waals surface area contributed by atoms with Crippen molar-refractivity contribution < 1.29 is 0 Å². The molecule has 3 heteroatoms. The van der Waals surface area contributed by atoms with Gasteiger partial charge in [0.05, 0.1) is 17.1 Å². The molecule has 3 nitrogen and oxygen atoms in total. The minimum Gasteiger partial charge on any atom is -0.381 e. The molecule has 0 saturated carbocycles. The first kappa shape index (κ1) is 39.0. The quantitative estimate of drug-likeness (QED) is 0.219. The third-order valence-corrected chi connectivity index (χ3v) is 14.6. The average Bonchev–Trinajstić information content (AvgIpc) is 3.65. The van der Waals surface area contributed by atoms with Crippen LogP contribution in [0, 0.1) is 22.7 Å².